The van der Waals surface area contributed by atoms with Gasteiger partial charge in [0, 0.05) is 11.1 Å². The van der Waals surface area contributed by atoms with Crippen LogP contribution in [0.25, 0.3) is 10.8 Å². The molecular formula is C22H28O4S2. The number of ketones is 2. The maximum Gasteiger partial charge on any atom is 0.202 e. The zero-order valence-corrected chi connectivity index (χ0v) is 18.0. The minimum Gasteiger partial charge on any atom is -0.374 e. The third kappa shape index (κ3) is 5.83. The van der Waals surface area contributed by atoms with E-state index in [0.29, 0.717) is 16.9 Å². The number of rotatable bonds is 12. The van der Waals surface area contributed by atoms with Crippen molar-refractivity contribution in [1.29, 1.82) is 0 Å². The standard InChI is InChI=1S/C22H28O4S2/c1-3-5-13-27-21(25)19(23)17-12-11-15-9-7-8-10-16(15)18(17)20(24)22(26)28-14-6-4-2/h7-12,21-22,25-26H,3-6,13-14H2,1-2H3. The summed E-state index contributed by atoms with van der Waals surface area (Å²) in [4.78, 5) is 25.9. The summed E-state index contributed by atoms with van der Waals surface area (Å²) < 4.78 is 0. The van der Waals surface area contributed by atoms with Crippen LogP contribution in [0, 0.1) is 0 Å². The van der Waals surface area contributed by atoms with Crippen molar-refractivity contribution in [3.05, 3.63) is 47.5 Å². The van der Waals surface area contributed by atoms with Crippen LogP contribution in [0.5, 0.6) is 0 Å². The summed E-state index contributed by atoms with van der Waals surface area (Å²) in [6, 6.07) is 10.7. The lowest BCUT2D eigenvalue weighted by Crippen LogP contribution is -2.24. The van der Waals surface area contributed by atoms with Gasteiger partial charge in [0.1, 0.15) is 0 Å². The van der Waals surface area contributed by atoms with Crippen LogP contribution in [0.3, 0.4) is 0 Å². The van der Waals surface area contributed by atoms with Crippen molar-refractivity contribution in [2.24, 2.45) is 0 Å². The van der Waals surface area contributed by atoms with Crippen molar-refractivity contribution in [2.45, 2.75) is 50.4 Å². The molecule has 0 saturated carbocycles. The van der Waals surface area contributed by atoms with Gasteiger partial charge in [0.2, 0.25) is 11.6 Å². The van der Waals surface area contributed by atoms with Gasteiger partial charge in [0.25, 0.3) is 0 Å². The van der Waals surface area contributed by atoms with E-state index in [2.05, 4.69) is 0 Å². The summed E-state index contributed by atoms with van der Waals surface area (Å²) in [7, 11) is 0. The van der Waals surface area contributed by atoms with Gasteiger partial charge in [-0.3, -0.25) is 9.59 Å². The fourth-order valence-electron chi connectivity index (χ4n) is 2.83. The Morgan fingerprint density at radius 3 is 2.04 bits per heavy atom. The van der Waals surface area contributed by atoms with Gasteiger partial charge in [-0.05, 0) is 41.2 Å². The number of Topliss-reactive ketones (excluding diaryl/α,β-unsaturated/α-hetero) is 2. The third-order valence-electron chi connectivity index (χ3n) is 4.44. The molecule has 0 spiro atoms. The Labute approximate surface area is 175 Å². The summed E-state index contributed by atoms with van der Waals surface area (Å²) >= 11 is 2.37. The van der Waals surface area contributed by atoms with Gasteiger partial charge in [0.05, 0.1) is 0 Å². The van der Waals surface area contributed by atoms with Crippen molar-refractivity contribution < 1.29 is 19.8 Å². The lowest BCUT2D eigenvalue weighted by atomic mass is 9.94. The quantitative estimate of drug-likeness (QED) is 0.289. The van der Waals surface area contributed by atoms with Gasteiger partial charge in [0.15, 0.2) is 10.9 Å². The van der Waals surface area contributed by atoms with Crippen LogP contribution < -0.4 is 0 Å². The molecule has 2 atom stereocenters. The Bertz CT molecular complexity index is 806. The molecule has 4 nitrogen and oxygen atoms in total. The zero-order valence-electron chi connectivity index (χ0n) is 16.4. The van der Waals surface area contributed by atoms with Crippen LogP contribution in [-0.2, 0) is 0 Å². The van der Waals surface area contributed by atoms with Gasteiger partial charge in [-0.1, -0.05) is 57.0 Å². The highest BCUT2D eigenvalue weighted by molar-refractivity contribution is 8.00. The minimum absolute atomic E-state index is 0.176. The summed E-state index contributed by atoms with van der Waals surface area (Å²) in [6.07, 6.45) is 3.77. The monoisotopic (exact) mass is 420 g/mol. The van der Waals surface area contributed by atoms with E-state index in [-0.39, 0.29) is 11.1 Å². The van der Waals surface area contributed by atoms with Crippen molar-refractivity contribution in [1.82, 2.24) is 0 Å². The number of thioether (sulfide) groups is 2. The van der Waals surface area contributed by atoms with Crippen LogP contribution in [-0.4, -0.2) is 44.2 Å². The molecule has 2 rings (SSSR count). The number of carbonyl (C=O) groups excluding carboxylic acids is 2. The zero-order chi connectivity index (χ0) is 20.5. The predicted octanol–water partition coefficient (Wildman–Crippen LogP) is 4.91. The van der Waals surface area contributed by atoms with E-state index in [4.69, 9.17) is 0 Å². The van der Waals surface area contributed by atoms with Crippen LogP contribution >= 0.6 is 23.5 Å². The Morgan fingerprint density at radius 2 is 1.43 bits per heavy atom. The van der Waals surface area contributed by atoms with Gasteiger partial charge in [-0.25, -0.2) is 0 Å². The molecule has 2 aromatic carbocycles. The molecule has 0 saturated heterocycles. The van der Waals surface area contributed by atoms with Crippen LogP contribution in [0.2, 0.25) is 0 Å². The number of aliphatic hydroxyl groups is 2. The Hall–Kier alpha value is -1.34. The maximum absolute atomic E-state index is 13.0. The Balaban J connectivity index is 2.39. The number of fused-ring (bicyclic) bond motifs is 1. The molecule has 0 bridgehead atoms. The first-order valence-electron chi connectivity index (χ1n) is 9.70. The second kappa shape index (κ2) is 11.6. The second-order valence-electron chi connectivity index (χ2n) is 6.59. The summed E-state index contributed by atoms with van der Waals surface area (Å²) in [5.74, 6) is 0.385. The molecule has 0 fully saturated rings. The SMILES string of the molecule is CCCCSC(O)C(=O)c1ccc2ccccc2c1C(=O)C(O)SCCCC. The fraction of sp³-hybridized carbons (Fsp3) is 0.455. The average Bonchev–Trinajstić information content (AvgIpc) is 2.72. The van der Waals surface area contributed by atoms with E-state index in [0.717, 1.165) is 31.1 Å². The van der Waals surface area contributed by atoms with Crippen LogP contribution in [0.1, 0.15) is 60.2 Å². The lowest BCUT2D eigenvalue weighted by Gasteiger charge is -2.17. The summed E-state index contributed by atoms with van der Waals surface area (Å²) in [5.41, 5.74) is -2.07. The van der Waals surface area contributed by atoms with E-state index >= 15 is 0 Å². The molecule has 28 heavy (non-hydrogen) atoms. The summed E-state index contributed by atoms with van der Waals surface area (Å²) in [5, 5.41) is 22.2. The number of hydrogen-bond donors (Lipinski definition) is 2. The molecule has 2 N–H and O–H groups in total. The van der Waals surface area contributed by atoms with Gasteiger partial charge in [-0.2, -0.15) is 0 Å². The number of hydrogen-bond acceptors (Lipinski definition) is 6. The highest BCUT2D eigenvalue weighted by Gasteiger charge is 2.28. The lowest BCUT2D eigenvalue weighted by molar-refractivity contribution is 0.0837. The molecule has 2 unspecified atom stereocenters. The second-order valence-corrected chi connectivity index (χ2v) is 8.97. The van der Waals surface area contributed by atoms with Crippen LogP contribution in [0.4, 0.5) is 0 Å². The largest absolute Gasteiger partial charge is 0.374 e. The van der Waals surface area contributed by atoms with Gasteiger partial charge < -0.3 is 10.2 Å². The number of aliphatic hydroxyl groups excluding tert-OH is 2. The average molecular weight is 421 g/mol. The first kappa shape index (κ1) is 22.9. The number of benzene rings is 2. The molecular weight excluding hydrogens is 392 g/mol. The van der Waals surface area contributed by atoms with Gasteiger partial charge in [-0.15, -0.1) is 23.5 Å². The smallest absolute Gasteiger partial charge is 0.202 e. The van der Waals surface area contributed by atoms with E-state index in [1.807, 2.05) is 26.0 Å². The molecule has 0 aliphatic rings. The van der Waals surface area contributed by atoms with Crippen molar-refractivity contribution in [3.63, 3.8) is 0 Å². The van der Waals surface area contributed by atoms with E-state index < -0.39 is 22.4 Å². The van der Waals surface area contributed by atoms with Crippen molar-refractivity contribution in [2.75, 3.05) is 11.5 Å². The van der Waals surface area contributed by atoms with E-state index in [9.17, 15) is 19.8 Å². The van der Waals surface area contributed by atoms with E-state index in [1.165, 1.54) is 23.5 Å². The molecule has 0 heterocycles. The molecule has 6 heteroatoms. The third-order valence-corrected chi connectivity index (χ3v) is 6.55. The van der Waals surface area contributed by atoms with Crippen molar-refractivity contribution >= 4 is 45.9 Å². The molecule has 0 aromatic heterocycles. The van der Waals surface area contributed by atoms with Gasteiger partial charge >= 0.3 is 0 Å². The molecule has 0 amide bonds. The molecule has 0 aliphatic carbocycles. The summed E-state index contributed by atoms with van der Waals surface area (Å²) in [6.45, 7) is 4.10. The highest BCUT2D eigenvalue weighted by atomic mass is 32.2. The molecule has 0 radical (unpaired) electrons. The van der Waals surface area contributed by atoms with Crippen molar-refractivity contribution in [3.8, 4) is 0 Å². The highest BCUT2D eigenvalue weighted by Crippen LogP contribution is 2.29. The fourth-order valence-corrected chi connectivity index (χ4v) is 4.73. The normalized spacial score (nSPS) is 13.4. The molecule has 0 aliphatic heterocycles. The first-order chi connectivity index (χ1) is 13.5. The van der Waals surface area contributed by atoms with E-state index in [1.54, 1.807) is 24.3 Å². The predicted molar refractivity (Wildman–Crippen MR) is 119 cm³/mol. The number of unbranched alkanes of at least 4 members (excludes halogenated alkanes) is 2. The topological polar surface area (TPSA) is 74.6 Å². The Kier molecular flexibility index (Phi) is 9.51. The minimum atomic E-state index is -1.23. The molecule has 2 aromatic rings. The van der Waals surface area contributed by atoms with Crippen LogP contribution in [0.15, 0.2) is 36.4 Å². The Morgan fingerprint density at radius 1 is 0.857 bits per heavy atom. The first-order valence-corrected chi connectivity index (χ1v) is 11.8. The maximum atomic E-state index is 13.0. The number of carbonyl (C=O) groups is 2. The molecule has 152 valence electrons.